The molecule has 0 aliphatic heterocycles. The van der Waals surface area contributed by atoms with E-state index < -0.39 is 0 Å². The van der Waals surface area contributed by atoms with Gasteiger partial charge in [-0.05, 0) is 25.5 Å². The van der Waals surface area contributed by atoms with Crippen LogP contribution >= 0.6 is 0 Å². The van der Waals surface area contributed by atoms with Crippen molar-refractivity contribution in [2.24, 2.45) is 0 Å². The predicted octanol–water partition coefficient (Wildman–Crippen LogP) is 3.68. The van der Waals surface area contributed by atoms with Gasteiger partial charge in [0.15, 0.2) is 0 Å². The summed E-state index contributed by atoms with van der Waals surface area (Å²) in [6, 6.07) is 6.80. The molecule has 0 spiro atoms. The SMILES string of the molecule is CCNC(c1ccccc1F)C(CC)(CC)OC. The van der Waals surface area contributed by atoms with E-state index in [1.807, 2.05) is 19.1 Å². The van der Waals surface area contributed by atoms with Crippen LogP contribution in [0, 0.1) is 5.82 Å². The van der Waals surface area contributed by atoms with Gasteiger partial charge < -0.3 is 10.1 Å². The van der Waals surface area contributed by atoms with Crippen LogP contribution in [0.5, 0.6) is 0 Å². The first-order valence-corrected chi connectivity index (χ1v) is 6.68. The van der Waals surface area contributed by atoms with Crippen molar-refractivity contribution in [1.29, 1.82) is 0 Å². The maximum atomic E-state index is 14.0. The van der Waals surface area contributed by atoms with Crippen LogP contribution in [0.25, 0.3) is 0 Å². The molecule has 0 aromatic heterocycles. The van der Waals surface area contributed by atoms with E-state index in [0.29, 0.717) is 5.56 Å². The molecule has 1 rings (SSSR count). The van der Waals surface area contributed by atoms with Gasteiger partial charge in [-0.15, -0.1) is 0 Å². The zero-order chi connectivity index (χ0) is 13.6. The second-order valence-electron chi connectivity index (χ2n) is 4.49. The molecule has 0 heterocycles. The first-order chi connectivity index (χ1) is 8.65. The van der Waals surface area contributed by atoms with Crippen LogP contribution < -0.4 is 5.32 Å². The molecular formula is C15H24FNO. The molecule has 1 aromatic rings. The highest BCUT2D eigenvalue weighted by Crippen LogP contribution is 2.35. The standard InChI is InChI=1S/C15H24FNO/c1-5-15(6-2,18-4)14(17-7-3)12-10-8-9-11-13(12)16/h8-11,14,17H,5-7H2,1-4H3. The largest absolute Gasteiger partial charge is 0.376 e. The quantitative estimate of drug-likeness (QED) is 0.800. The molecule has 2 nitrogen and oxygen atoms in total. The normalized spacial score (nSPS) is 13.6. The van der Waals surface area contributed by atoms with Gasteiger partial charge in [-0.1, -0.05) is 39.0 Å². The Bertz CT molecular complexity index is 355. The zero-order valence-electron chi connectivity index (χ0n) is 11.8. The molecule has 3 heteroatoms. The highest BCUT2D eigenvalue weighted by Gasteiger charge is 2.37. The first kappa shape index (κ1) is 15.1. The number of benzene rings is 1. The molecular weight excluding hydrogens is 229 g/mol. The Hall–Kier alpha value is -0.930. The van der Waals surface area contributed by atoms with E-state index in [0.717, 1.165) is 19.4 Å². The van der Waals surface area contributed by atoms with Crippen molar-refractivity contribution in [2.75, 3.05) is 13.7 Å². The summed E-state index contributed by atoms with van der Waals surface area (Å²) in [5.74, 6) is -0.174. The molecule has 0 bridgehead atoms. The van der Waals surface area contributed by atoms with Crippen molar-refractivity contribution < 1.29 is 9.13 Å². The van der Waals surface area contributed by atoms with Crippen LogP contribution in [0.15, 0.2) is 24.3 Å². The van der Waals surface area contributed by atoms with E-state index in [9.17, 15) is 4.39 Å². The highest BCUT2D eigenvalue weighted by molar-refractivity contribution is 5.24. The summed E-state index contributed by atoms with van der Waals surface area (Å²) in [6.07, 6.45) is 1.68. The number of hydrogen-bond acceptors (Lipinski definition) is 2. The number of ether oxygens (including phenoxy) is 1. The molecule has 0 saturated heterocycles. The van der Waals surface area contributed by atoms with Gasteiger partial charge in [-0.3, -0.25) is 0 Å². The Morgan fingerprint density at radius 1 is 1.22 bits per heavy atom. The number of halogens is 1. The minimum Gasteiger partial charge on any atom is -0.376 e. The Morgan fingerprint density at radius 2 is 1.83 bits per heavy atom. The molecule has 0 fully saturated rings. The van der Waals surface area contributed by atoms with Gasteiger partial charge in [0.25, 0.3) is 0 Å². The van der Waals surface area contributed by atoms with E-state index >= 15 is 0 Å². The van der Waals surface area contributed by atoms with Crippen molar-refractivity contribution in [3.63, 3.8) is 0 Å². The summed E-state index contributed by atoms with van der Waals surface area (Å²) in [6.45, 7) is 6.97. The Balaban J connectivity index is 3.20. The number of methoxy groups -OCH3 is 1. The maximum absolute atomic E-state index is 14.0. The van der Waals surface area contributed by atoms with Gasteiger partial charge in [0.1, 0.15) is 5.82 Å². The van der Waals surface area contributed by atoms with Gasteiger partial charge >= 0.3 is 0 Å². The maximum Gasteiger partial charge on any atom is 0.128 e. The fourth-order valence-electron chi connectivity index (χ4n) is 2.56. The predicted molar refractivity (Wildman–Crippen MR) is 73.1 cm³/mol. The summed E-state index contributed by atoms with van der Waals surface area (Å²) >= 11 is 0. The van der Waals surface area contributed by atoms with Crippen LogP contribution in [-0.4, -0.2) is 19.3 Å². The second kappa shape index (κ2) is 6.86. The first-order valence-electron chi connectivity index (χ1n) is 6.68. The molecule has 0 aliphatic carbocycles. The Morgan fingerprint density at radius 3 is 2.28 bits per heavy atom. The monoisotopic (exact) mass is 253 g/mol. The van der Waals surface area contributed by atoms with Crippen LogP contribution in [0.4, 0.5) is 4.39 Å². The van der Waals surface area contributed by atoms with Crippen LogP contribution in [-0.2, 0) is 4.74 Å². The van der Waals surface area contributed by atoms with Gasteiger partial charge in [-0.25, -0.2) is 4.39 Å². The van der Waals surface area contributed by atoms with Crippen molar-refractivity contribution in [1.82, 2.24) is 5.32 Å². The molecule has 0 saturated carbocycles. The Labute approximate surface area is 110 Å². The molecule has 18 heavy (non-hydrogen) atoms. The smallest absolute Gasteiger partial charge is 0.128 e. The molecule has 1 N–H and O–H groups in total. The lowest BCUT2D eigenvalue weighted by atomic mass is 9.83. The van der Waals surface area contributed by atoms with E-state index in [1.165, 1.54) is 6.07 Å². The average molecular weight is 253 g/mol. The fraction of sp³-hybridized carbons (Fsp3) is 0.600. The van der Waals surface area contributed by atoms with Crippen LogP contribution in [0.2, 0.25) is 0 Å². The average Bonchev–Trinajstić information content (AvgIpc) is 2.41. The summed E-state index contributed by atoms with van der Waals surface area (Å²) in [5.41, 5.74) is 0.322. The van der Waals surface area contributed by atoms with Crippen LogP contribution in [0.3, 0.4) is 0 Å². The highest BCUT2D eigenvalue weighted by atomic mass is 19.1. The summed E-state index contributed by atoms with van der Waals surface area (Å²) in [5, 5.41) is 3.37. The topological polar surface area (TPSA) is 21.3 Å². The summed E-state index contributed by atoms with van der Waals surface area (Å²) in [7, 11) is 1.71. The van der Waals surface area contributed by atoms with E-state index in [-0.39, 0.29) is 17.5 Å². The number of hydrogen-bond donors (Lipinski definition) is 1. The minimum atomic E-state index is -0.363. The van der Waals surface area contributed by atoms with E-state index in [4.69, 9.17) is 4.74 Å². The van der Waals surface area contributed by atoms with Crippen molar-refractivity contribution in [2.45, 2.75) is 45.3 Å². The molecule has 1 aromatic carbocycles. The lowest BCUT2D eigenvalue weighted by Crippen LogP contribution is -2.45. The number of likely N-dealkylation sites (N-methyl/N-ethyl adjacent to an activating group) is 1. The van der Waals surface area contributed by atoms with Crippen molar-refractivity contribution in [3.8, 4) is 0 Å². The van der Waals surface area contributed by atoms with Gasteiger partial charge in [0.2, 0.25) is 0 Å². The zero-order valence-corrected chi connectivity index (χ0v) is 11.8. The summed E-state index contributed by atoms with van der Waals surface area (Å²) < 4.78 is 19.7. The number of nitrogens with one attached hydrogen (secondary N) is 1. The third-order valence-electron chi connectivity index (χ3n) is 3.75. The van der Waals surface area contributed by atoms with Crippen LogP contribution in [0.1, 0.15) is 45.2 Å². The molecule has 0 aliphatic rings. The minimum absolute atomic E-state index is 0.122. The Kier molecular flexibility index (Phi) is 5.76. The molecule has 1 unspecified atom stereocenters. The fourth-order valence-corrected chi connectivity index (χ4v) is 2.56. The van der Waals surface area contributed by atoms with Gasteiger partial charge in [0.05, 0.1) is 11.6 Å². The lowest BCUT2D eigenvalue weighted by Gasteiger charge is -2.39. The third-order valence-corrected chi connectivity index (χ3v) is 3.75. The van der Waals surface area contributed by atoms with Gasteiger partial charge in [-0.2, -0.15) is 0 Å². The lowest BCUT2D eigenvalue weighted by molar-refractivity contribution is -0.0490. The van der Waals surface area contributed by atoms with Crippen molar-refractivity contribution >= 4 is 0 Å². The molecule has 0 radical (unpaired) electrons. The number of rotatable bonds is 7. The van der Waals surface area contributed by atoms with E-state index in [1.54, 1.807) is 13.2 Å². The second-order valence-corrected chi connectivity index (χ2v) is 4.49. The van der Waals surface area contributed by atoms with Gasteiger partial charge in [0, 0.05) is 12.7 Å². The third kappa shape index (κ3) is 2.90. The molecule has 102 valence electrons. The molecule has 1 atom stereocenters. The van der Waals surface area contributed by atoms with E-state index in [2.05, 4.69) is 19.2 Å². The van der Waals surface area contributed by atoms with Crippen molar-refractivity contribution in [3.05, 3.63) is 35.6 Å². The molecule has 0 amide bonds. The summed E-state index contributed by atoms with van der Waals surface area (Å²) in [4.78, 5) is 0.